The fraction of sp³-hybridized carbons (Fsp3) is 0.577. The molecule has 7 heteroatoms. The second kappa shape index (κ2) is 10.3. The number of piperidine rings is 1. The maximum Gasteiger partial charge on any atom is 0.309 e. The van der Waals surface area contributed by atoms with E-state index in [-0.39, 0.29) is 23.2 Å². The molecule has 2 heterocycles. The van der Waals surface area contributed by atoms with Crippen LogP contribution in [0, 0.1) is 11.3 Å². The lowest BCUT2D eigenvalue weighted by Crippen LogP contribution is -2.37. The Labute approximate surface area is 201 Å². The average molecular weight is 472 g/mol. The minimum atomic E-state index is -0.0965. The number of hydrogen-bond donors (Lipinski definition) is 1. The molecule has 0 radical (unpaired) electrons. The van der Waals surface area contributed by atoms with Gasteiger partial charge in [0.1, 0.15) is 5.82 Å². The van der Waals surface area contributed by atoms with Crippen LogP contribution in [-0.4, -0.2) is 36.6 Å². The molecular weight excluding hydrogens is 438 g/mol. The minimum absolute atomic E-state index is 0.0129. The van der Waals surface area contributed by atoms with Crippen LogP contribution in [-0.2, 0) is 14.3 Å². The number of halogens is 1. The number of fused-ring (bicyclic) bond motifs is 1. The van der Waals surface area contributed by atoms with Gasteiger partial charge in [0.2, 0.25) is 5.91 Å². The number of carbonyl (C=O) groups is 2. The van der Waals surface area contributed by atoms with Crippen LogP contribution in [0.25, 0.3) is 10.9 Å². The van der Waals surface area contributed by atoms with Crippen LogP contribution in [0.1, 0.15) is 65.2 Å². The largest absolute Gasteiger partial charge is 0.466 e. The second-order valence-electron chi connectivity index (χ2n) is 9.77. The van der Waals surface area contributed by atoms with Gasteiger partial charge in [-0.2, -0.15) is 0 Å². The number of aromatic nitrogens is 1. The minimum Gasteiger partial charge on any atom is -0.466 e. The predicted octanol–water partition coefficient (Wildman–Crippen LogP) is 5.97. The van der Waals surface area contributed by atoms with E-state index < -0.39 is 0 Å². The third-order valence-corrected chi connectivity index (χ3v) is 7.47. The van der Waals surface area contributed by atoms with E-state index in [0.717, 1.165) is 55.5 Å². The summed E-state index contributed by atoms with van der Waals surface area (Å²) in [5.41, 5.74) is 1.50. The molecule has 0 unspecified atom stereocenters. The Morgan fingerprint density at radius 3 is 2.58 bits per heavy atom. The fourth-order valence-corrected chi connectivity index (χ4v) is 5.44. The maximum absolute atomic E-state index is 12.9. The van der Waals surface area contributed by atoms with Crippen molar-refractivity contribution >= 4 is 45.9 Å². The number of rotatable bonds is 6. The summed E-state index contributed by atoms with van der Waals surface area (Å²) in [6.45, 7) is 6.00. The summed E-state index contributed by atoms with van der Waals surface area (Å²) in [6, 6.07) is 7.65. The van der Waals surface area contributed by atoms with E-state index in [2.05, 4.69) is 17.1 Å². The number of ether oxygens (including phenoxy) is 1. The Kier molecular flexibility index (Phi) is 7.42. The molecular formula is C26H34ClN3O3. The van der Waals surface area contributed by atoms with Gasteiger partial charge in [0.25, 0.3) is 0 Å². The molecule has 2 aliphatic rings. The number of nitrogens with zero attached hydrogens (tertiary/aromatic N) is 2. The highest BCUT2D eigenvalue weighted by Crippen LogP contribution is 2.39. The molecule has 0 bridgehead atoms. The van der Waals surface area contributed by atoms with E-state index in [0.29, 0.717) is 23.7 Å². The van der Waals surface area contributed by atoms with E-state index in [9.17, 15) is 9.59 Å². The molecule has 1 saturated carbocycles. The molecule has 178 valence electrons. The van der Waals surface area contributed by atoms with Crippen molar-refractivity contribution in [3.8, 4) is 0 Å². The lowest BCUT2D eigenvalue weighted by molar-refractivity contribution is -0.148. The van der Waals surface area contributed by atoms with Crippen LogP contribution in [0.5, 0.6) is 0 Å². The number of carbonyl (C=O) groups excluding carboxylic acids is 2. The zero-order valence-electron chi connectivity index (χ0n) is 19.7. The van der Waals surface area contributed by atoms with Crippen LogP contribution in [0.2, 0.25) is 5.02 Å². The first-order chi connectivity index (χ1) is 15.9. The van der Waals surface area contributed by atoms with Crippen LogP contribution >= 0.6 is 11.6 Å². The van der Waals surface area contributed by atoms with E-state index in [1.165, 1.54) is 19.3 Å². The van der Waals surface area contributed by atoms with Crippen molar-refractivity contribution in [2.24, 2.45) is 11.3 Å². The normalized spacial score (nSPS) is 18.8. The molecule has 0 atom stereocenters. The molecule has 1 N–H and O–H groups in total. The second-order valence-corrected chi connectivity index (χ2v) is 10.2. The lowest BCUT2D eigenvalue weighted by Gasteiger charge is -2.33. The zero-order chi connectivity index (χ0) is 23.4. The maximum atomic E-state index is 12.9. The molecule has 6 nitrogen and oxygen atoms in total. The quantitative estimate of drug-likeness (QED) is 0.525. The van der Waals surface area contributed by atoms with Gasteiger partial charge >= 0.3 is 5.97 Å². The predicted molar refractivity (Wildman–Crippen MR) is 133 cm³/mol. The van der Waals surface area contributed by atoms with E-state index in [1.54, 1.807) is 6.07 Å². The monoisotopic (exact) mass is 471 g/mol. The summed E-state index contributed by atoms with van der Waals surface area (Å²) in [5, 5.41) is 4.44. The van der Waals surface area contributed by atoms with Gasteiger partial charge in [0, 0.05) is 24.9 Å². The smallest absolute Gasteiger partial charge is 0.309 e. The van der Waals surface area contributed by atoms with E-state index in [4.69, 9.17) is 21.3 Å². The topological polar surface area (TPSA) is 71.5 Å². The number of pyridine rings is 1. The molecule has 1 aromatic carbocycles. The van der Waals surface area contributed by atoms with Crippen molar-refractivity contribution in [1.82, 2.24) is 4.98 Å². The number of benzene rings is 1. The number of amides is 1. The van der Waals surface area contributed by atoms with Crippen LogP contribution < -0.4 is 10.2 Å². The number of nitrogens with one attached hydrogen (secondary N) is 1. The van der Waals surface area contributed by atoms with Crippen molar-refractivity contribution in [2.45, 2.75) is 65.2 Å². The van der Waals surface area contributed by atoms with Crippen LogP contribution in [0.4, 0.5) is 11.5 Å². The van der Waals surface area contributed by atoms with Gasteiger partial charge in [-0.3, -0.25) is 9.59 Å². The third kappa shape index (κ3) is 5.60. The van der Waals surface area contributed by atoms with Gasteiger partial charge in [-0.05, 0) is 62.3 Å². The van der Waals surface area contributed by atoms with Crippen molar-refractivity contribution in [3.05, 3.63) is 29.3 Å². The highest BCUT2D eigenvalue weighted by molar-refractivity contribution is 6.35. The Hall–Kier alpha value is -2.34. The Balaban J connectivity index is 1.47. The molecule has 1 aliphatic heterocycles. The van der Waals surface area contributed by atoms with Gasteiger partial charge in [-0.1, -0.05) is 37.8 Å². The summed E-state index contributed by atoms with van der Waals surface area (Å²) in [5.74, 6) is 0.757. The molecule has 2 aromatic rings. The van der Waals surface area contributed by atoms with E-state index >= 15 is 0 Å². The van der Waals surface area contributed by atoms with Gasteiger partial charge < -0.3 is 15.0 Å². The molecule has 4 rings (SSSR count). The molecule has 1 saturated heterocycles. The molecule has 2 fully saturated rings. The molecule has 0 spiro atoms. The van der Waals surface area contributed by atoms with Crippen molar-refractivity contribution in [2.75, 3.05) is 29.9 Å². The van der Waals surface area contributed by atoms with Crippen molar-refractivity contribution < 1.29 is 14.3 Å². The number of esters is 1. The fourth-order valence-electron chi connectivity index (χ4n) is 5.23. The number of hydrogen-bond acceptors (Lipinski definition) is 5. The number of anilines is 2. The Morgan fingerprint density at radius 2 is 1.88 bits per heavy atom. The third-order valence-electron chi connectivity index (χ3n) is 7.16. The first kappa shape index (κ1) is 23.8. The lowest BCUT2D eigenvalue weighted by atomic mass is 9.73. The van der Waals surface area contributed by atoms with Gasteiger partial charge in [-0.15, -0.1) is 0 Å². The standard InChI is InChI=1S/C26H34ClN3O3/c1-3-33-25(32)18-11-15-30(16-12-18)22-10-7-19-21(28-22)9-8-20(27)24(19)29-23(31)17-26(2)13-5-4-6-14-26/h7-10,18H,3-6,11-17H2,1-2H3,(H,29,31). The van der Waals surface area contributed by atoms with Crippen molar-refractivity contribution in [3.63, 3.8) is 0 Å². The van der Waals surface area contributed by atoms with Gasteiger partial charge in [-0.25, -0.2) is 4.98 Å². The summed E-state index contributed by atoms with van der Waals surface area (Å²) < 4.78 is 5.17. The zero-order valence-corrected chi connectivity index (χ0v) is 20.4. The van der Waals surface area contributed by atoms with Crippen molar-refractivity contribution in [1.29, 1.82) is 0 Å². The molecule has 33 heavy (non-hydrogen) atoms. The summed E-state index contributed by atoms with van der Waals surface area (Å²) in [7, 11) is 0. The highest BCUT2D eigenvalue weighted by atomic mass is 35.5. The first-order valence-corrected chi connectivity index (χ1v) is 12.6. The SMILES string of the molecule is CCOC(=O)C1CCN(c2ccc3c(NC(=O)CC4(C)CCCCC4)c(Cl)ccc3n2)CC1. The highest BCUT2D eigenvalue weighted by Gasteiger charge is 2.30. The Morgan fingerprint density at radius 1 is 1.15 bits per heavy atom. The first-order valence-electron chi connectivity index (χ1n) is 12.2. The van der Waals surface area contributed by atoms with Gasteiger partial charge in [0.15, 0.2) is 0 Å². The average Bonchev–Trinajstić information content (AvgIpc) is 2.81. The summed E-state index contributed by atoms with van der Waals surface area (Å²) in [6.07, 6.45) is 7.90. The summed E-state index contributed by atoms with van der Waals surface area (Å²) >= 11 is 6.49. The van der Waals surface area contributed by atoms with Crippen LogP contribution in [0.3, 0.4) is 0 Å². The molecule has 1 aliphatic carbocycles. The summed E-state index contributed by atoms with van der Waals surface area (Å²) in [4.78, 5) is 32.0. The molecule has 1 amide bonds. The van der Waals surface area contributed by atoms with E-state index in [1.807, 2.05) is 25.1 Å². The Bertz CT molecular complexity index is 1010. The molecule has 1 aromatic heterocycles. The van der Waals surface area contributed by atoms with Gasteiger partial charge in [0.05, 0.1) is 28.8 Å². The van der Waals surface area contributed by atoms with Crippen LogP contribution in [0.15, 0.2) is 24.3 Å².